The average Bonchev–Trinajstić information content (AvgIpc) is 2.46. The predicted octanol–water partition coefficient (Wildman–Crippen LogP) is 3.39. The molecule has 0 saturated carbocycles. The van der Waals surface area contributed by atoms with Crippen molar-refractivity contribution < 1.29 is 19.7 Å². The molecule has 1 aliphatic heterocycles. The first-order valence-corrected chi connectivity index (χ1v) is 6.78. The minimum atomic E-state index is -0.0557. The van der Waals surface area contributed by atoms with Crippen LogP contribution in [0.3, 0.4) is 0 Å². The van der Waals surface area contributed by atoms with Crippen LogP contribution in [-0.4, -0.2) is 23.4 Å². The molecule has 1 unspecified atom stereocenters. The van der Waals surface area contributed by atoms with Crippen molar-refractivity contribution in [2.45, 2.75) is 31.5 Å². The summed E-state index contributed by atoms with van der Waals surface area (Å²) in [5.41, 5.74) is 2.17. The lowest BCUT2D eigenvalue weighted by Crippen LogP contribution is -2.26. The summed E-state index contributed by atoms with van der Waals surface area (Å²) in [5.74, 6) is 0.946. The Balaban J connectivity index is 1.78. The van der Waals surface area contributed by atoms with Gasteiger partial charge in [-0.3, -0.25) is 0 Å². The third-order valence-corrected chi connectivity index (χ3v) is 3.90. The van der Waals surface area contributed by atoms with Crippen molar-refractivity contribution in [1.82, 2.24) is 0 Å². The Bertz CT molecular complexity index is 574. The van der Waals surface area contributed by atoms with Gasteiger partial charge in [-0.25, -0.2) is 0 Å². The zero-order chi connectivity index (χ0) is 14.1. The second-order valence-electron chi connectivity index (χ2n) is 5.19. The Kier molecular flexibility index (Phi) is 3.40. The number of aromatic hydroxyl groups is 1. The van der Waals surface area contributed by atoms with Crippen molar-refractivity contribution in [3.63, 3.8) is 0 Å². The molecule has 4 heteroatoms. The summed E-state index contributed by atoms with van der Waals surface area (Å²) >= 11 is 0. The van der Waals surface area contributed by atoms with Crippen LogP contribution < -0.4 is 4.74 Å². The molecule has 2 atom stereocenters. The molecule has 0 bridgehead atoms. The van der Waals surface area contributed by atoms with Gasteiger partial charge in [0, 0.05) is 6.42 Å². The lowest BCUT2D eigenvalue weighted by atomic mass is 9.90. The highest BCUT2D eigenvalue weighted by Crippen LogP contribution is 2.39. The lowest BCUT2D eigenvalue weighted by molar-refractivity contribution is -0.0251. The van der Waals surface area contributed by atoms with Crippen LogP contribution in [0.2, 0.25) is 0 Å². The van der Waals surface area contributed by atoms with E-state index < -0.39 is 0 Å². The molecule has 2 N–H and O–H groups in total. The number of hydrogen-bond donors (Lipinski definition) is 2. The Morgan fingerprint density at radius 3 is 2.80 bits per heavy atom. The molecule has 0 spiro atoms. The van der Waals surface area contributed by atoms with Crippen LogP contribution in [0.5, 0.6) is 11.5 Å². The third kappa shape index (κ3) is 2.39. The largest absolute Gasteiger partial charge is 0.512 e. The topological polar surface area (TPSA) is 58.9 Å². The maximum Gasteiger partial charge on any atom is 0.160 e. The molecule has 0 radical (unpaired) electrons. The van der Waals surface area contributed by atoms with Crippen molar-refractivity contribution in [2.24, 2.45) is 0 Å². The van der Waals surface area contributed by atoms with Gasteiger partial charge in [0.1, 0.15) is 0 Å². The fraction of sp³-hybridized carbons (Fsp3) is 0.375. The van der Waals surface area contributed by atoms with Gasteiger partial charge >= 0.3 is 0 Å². The summed E-state index contributed by atoms with van der Waals surface area (Å²) in [6, 6.07) is 5.35. The number of hydrogen-bond acceptors (Lipinski definition) is 4. The molecule has 1 aromatic carbocycles. The molecule has 20 heavy (non-hydrogen) atoms. The molecular weight excluding hydrogens is 256 g/mol. The van der Waals surface area contributed by atoms with E-state index in [-0.39, 0.29) is 18.0 Å². The summed E-state index contributed by atoms with van der Waals surface area (Å²) in [6.07, 6.45) is 5.95. The molecule has 4 nitrogen and oxygen atoms in total. The van der Waals surface area contributed by atoms with E-state index >= 15 is 0 Å². The van der Waals surface area contributed by atoms with Crippen LogP contribution in [0.25, 0.3) is 0 Å². The third-order valence-electron chi connectivity index (χ3n) is 3.90. The van der Waals surface area contributed by atoms with Crippen LogP contribution >= 0.6 is 0 Å². The maximum absolute atomic E-state index is 9.86. The Morgan fingerprint density at radius 1 is 1.20 bits per heavy atom. The Morgan fingerprint density at radius 2 is 2.05 bits per heavy atom. The number of ether oxygens (including phenoxy) is 2. The van der Waals surface area contributed by atoms with Gasteiger partial charge < -0.3 is 19.7 Å². The highest BCUT2D eigenvalue weighted by Gasteiger charge is 2.29. The van der Waals surface area contributed by atoms with Gasteiger partial charge in [-0.2, -0.15) is 0 Å². The quantitative estimate of drug-likeness (QED) is 0.867. The van der Waals surface area contributed by atoms with E-state index in [4.69, 9.17) is 9.47 Å². The van der Waals surface area contributed by atoms with E-state index in [1.807, 2.05) is 12.1 Å². The van der Waals surface area contributed by atoms with E-state index in [0.717, 1.165) is 18.4 Å². The molecule has 0 aromatic heterocycles. The smallest absolute Gasteiger partial charge is 0.160 e. The van der Waals surface area contributed by atoms with Crippen LogP contribution in [0.4, 0.5) is 0 Å². The number of aliphatic hydroxyl groups excluding tert-OH is 1. The first-order valence-electron chi connectivity index (χ1n) is 6.78. The lowest BCUT2D eigenvalue weighted by Gasteiger charge is -2.34. The van der Waals surface area contributed by atoms with E-state index in [2.05, 4.69) is 0 Å². The fourth-order valence-electron chi connectivity index (χ4n) is 2.80. The van der Waals surface area contributed by atoms with E-state index in [1.165, 1.54) is 12.7 Å². The van der Waals surface area contributed by atoms with Crippen molar-refractivity contribution >= 4 is 0 Å². The maximum atomic E-state index is 9.86. The molecule has 2 aliphatic rings. The molecule has 1 fully saturated rings. The number of phenolic OH excluding ortho intramolecular Hbond substituents is 1. The number of methoxy groups -OCH3 is 1. The predicted molar refractivity (Wildman–Crippen MR) is 74.9 cm³/mol. The number of rotatable bonds is 2. The highest BCUT2D eigenvalue weighted by atomic mass is 16.5. The normalized spacial score (nSPS) is 25.4. The molecule has 106 valence electrons. The number of aliphatic hydroxyl groups is 1. The van der Waals surface area contributed by atoms with Gasteiger partial charge in [0.05, 0.1) is 25.1 Å². The molecule has 0 amide bonds. The Labute approximate surface area is 118 Å². The number of phenols is 1. The van der Waals surface area contributed by atoms with Gasteiger partial charge in [0.2, 0.25) is 0 Å². The summed E-state index contributed by atoms with van der Waals surface area (Å²) in [5, 5.41) is 19.5. The summed E-state index contributed by atoms with van der Waals surface area (Å²) in [7, 11) is 1.53. The SMILES string of the molecule is COc1ccc([C@@H]2CCC3=CC=C(O)CC3O2)cc1O. The van der Waals surface area contributed by atoms with Gasteiger partial charge in [-0.15, -0.1) is 0 Å². The molecule has 1 heterocycles. The minimum absolute atomic E-state index is 0.0528. The van der Waals surface area contributed by atoms with Gasteiger partial charge in [-0.1, -0.05) is 12.1 Å². The second kappa shape index (κ2) is 5.21. The fourth-order valence-corrected chi connectivity index (χ4v) is 2.80. The first-order chi connectivity index (χ1) is 9.67. The van der Waals surface area contributed by atoms with E-state index in [1.54, 1.807) is 18.2 Å². The highest BCUT2D eigenvalue weighted by molar-refractivity contribution is 5.42. The molecule has 1 aliphatic carbocycles. The van der Waals surface area contributed by atoms with Crippen LogP contribution in [0, 0.1) is 0 Å². The molecular formula is C16H18O4. The number of benzene rings is 1. The second-order valence-corrected chi connectivity index (χ2v) is 5.19. The van der Waals surface area contributed by atoms with Gasteiger partial charge in [0.25, 0.3) is 0 Å². The summed E-state index contributed by atoms with van der Waals surface area (Å²) in [6.45, 7) is 0. The van der Waals surface area contributed by atoms with Crippen molar-refractivity contribution in [2.75, 3.05) is 7.11 Å². The summed E-state index contributed by atoms with van der Waals surface area (Å²) < 4.78 is 11.1. The zero-order valence-corrected chi connectivity index (χ0v) is 11.4. The van der Waals surface area contributed by atoms with Crippen LogP contribution in [-0.2, 0) is 4.74 Å². The molecule has 1 saturated heterocycles. The first kappa shape index (κ1) is 13.1. The van der Waals surface area contributed by atoms with Gasteiger partial charge in [0.15, 0.2) is 11.5 Å². The molecule has 1 aromatic rings. The van der Waals surface area contributed by atoms with Crippen LogP contribution in [0.1, 0.15) is 30.9 Å². The summed E-state index contributed by atoms with van der Waals surface area (Å²) in [4.78, 5) is 0. The van der Waals surface area contributed by atoms with Crippen molar-refractivity contribution in [1.29, 1.82) is 0 Å². The van der Waals surface area contributed by atoms with Crippen molar-refractivity contribution in [3.05, 3.63) is 47.2 Å². The Hall–Kier alpha value is -1.94. The molecule has 3 rings (SSSR count). The standard InChI is InChI=1S/C16H18O4/c1-19-15-7-4-11(8-13(15)18)14-6-3-10-2-5-12(17)9-16(10)20-14/h2,4-5,7-8,14,16-18H,3,6,9H2,1H3/t14-,16?/m0/s1. The van der Waals surface area contributed by atoms with E-state index in [0.29, 0.717) is 17.9 Å². The van der Waals surface area contributed by atoms with Crippen LogP contribution in [0.15, 0.2) is 41.7 Å². The zero-order valence-electron chi connectivity index (χ0n) is 11.4. The average molecular weight is 274 g/mol. The number of fused-ring (bicyclic) bond motifs is 1. The van der Waals surface area contributed by atoms with E-state index in [9.17, 15) is 10.2 Å². The minimum Gasteiger partial charge on any atom is -0.512 e. The monoisotopic (exact) mass is 274 g/mol. The van der Waals surface area contributed by atoms with Gasteiger partial charge in [-0.05, 0) is 42.2 Å². The number of allylic oxidation sites excluding steroid dienone is 2. The van der Waals surface area contributed by atoms with Crippen molar-refractivity contribution in [3.8, 4) is 11.5 Å².